The molecule has 176 valence electrons. The van der Waals surface area contributed by atoms with Crippen LogP contribution in [0.4, 0.5) is 18.0 Å². The molecule has 0 aromatic heterocycles. The van der Waals surface area contributed by atoms with Gasteiger partial charge >= 0.3 is 6.09 Å². The molecule has 1 amide bonds. The first-order chi connectivity index (χ1) is 16.4. The molecule has 7 heteroatoms. The fourth-order valence-corrected chi connectivity index (χ4v) is 3.68. The summed E-state index contributed by atoms with van der Waals surface area (Å²) in [6.07, 6.45) is 1.03. The van der Waals surface area contributed by atoms with Crippen LogP contribution < -0.4 is 0 Å². The van der Waals surface area contributed by atoms with Gasteiger partial charge in [-0.25, -0.2) is 18.0 Å². The van der Waals surface area contributed by atoms with E-state index in [1.165, 1.54) is 24.3 Å². The van der Waals surface area contributed by atoms with Gasteiger partial charge in [0.05, 0.1) is 12.1 Å². The number of carbonyl (C=O) groups is 1. The molecule has 1 fully saturated rings. The van der Waals surface area contributed by atoms with Gasteiger partial charge in [0, 0.05) is 31.0 Å². The van der Waals surface area contributed by atoms with Crippen molar-refractivity contribution in [3.8, 4) is 17.2 Å². The van der Waals surface area contributed by atoms with Crippen LogP contribution in [0.25, 0.3) is 11.1 Å². The number of nitrogens with zero attached hydrogens (tertiary/aromatic N) is 2. The fraction of sp³-hybridized carbons (Fsp3) is 0.259. The Labute approximate surface area is 197 Å². The maximum atomic E-state index is 13.9. The SMILES string of the molecule is CC(c1ccc(-c2ccc(F)cc2F)cc1)N1CCC(CCC#N)OC1=O.Fc1ccccc1. The molecule has 0 bridgehead atoms. The molecule has 1 saturated heterocycles. The standard InChI is InChI=1S/C21H20F2N2O2.C6H5F/c1-14(25-12-10-18(3-2-11-24)27-21(25)26)15-4-6-16(7-5-15)19-9-8-17(22)13-20(19)23;7-6-4-2-1-3-5-6/h4-9,13-14,18H,2-3,10,12H2,1H3;1-5H. The number of ether oxygens (including phenoxy) is 1. The summed E-state index contributed by atoms with van der Waals surface area (Å²) >= 11 is 0. The van der Waals surface area contributed by atoms with Crippen LogP contribution in [0.15, 0.2) is 72.8 Å². The summed E-state index contributed by atoms with van der Waals surface area (Å²) in [5, 5.41) is 8.64. The zero-order valence-electron chi connectivity index (χ0n) is 18.8. The quantitative estimate of drug-likeness (QED) is 0.405. The molecule has 1 aliphatic heterocycles. The van der Waals surface area contributed by atoms with Crippen LogP contribution in [0.5, 0.6) is 0 Å². The summed E-state index contributed by atoms with van der Waals surface area (Å²) in [7, 11) is 0. The Morgan fingerprint density at radius 3 is 2.29 bits per heavy atom. The Kier molecular flexibility index (Phi) is 8.69. The average Bonchev–Trinajstić information content (AvgIpc) is 2.83. The first-order valence-corrected chi connectivity index (χ1v) is 11.0. The Hall–Kier alpha value is -3.79. The van der Waals surface area contributed by atoms with Crippen molar-refractivity contribution >= 4 is 6.09 Å². The van der Waals surface area contributed by atoms with E-state index in [0.29, 0.717) is 36.9 Å². The van der Waals surface area contributed by atoms with Gasteiger partial charge in [-0.15, -0.1) is 0 Å². The molecule has 4 rings (SSSR count). The Balaban J connectivity index is 0.000000396. The van der Waals surface area contributed by atoms with E-state index in [1.54, 1.807) is 35.2 Å². The van der Waals surface area contributed by atoms with E-state index in [1.807, 2.05) is 19.1 Å². The molecular weight excluding hydrogens is 441 g/mol. The Morgan fingerprint density at radius 2 is 1.74 bits per heavy atom. The van der Waals surface area contributed by atoms with Crippen molar-refractivity contribution in [3.05, 3.63) is 95.8 Å². The first kappa shape index (κ1) is 24.8. The number of cyclic esters (lactones) is 1. The minimum Gasteiger partial charge on any atom is -0.446 e. The van der Waals surface area contributed by atoms with Crippen LogP contribution in [0.2, 0.25) is 0 Å². The highest BCUT2D eigenvalue weighted by Crippen LogP contribution is 2.29. The normalized spacial score (nSPS) is 16.0. The number of rotatable bonds is 5. The van der Waals surface area contributed by atoms with Crippen molar-refractivity contribution in [2.45, 2.75) is 38.3 Å². The fourth-order valence-electron chi connectivity index (χ4n) is 3.68. The van der Waals surface area contributed by atoms with Gasteiger partial charge in [-0.05, 0) is 48.7 Å². The van der Waals surface area contributed by atoms with E-state index in [9.17, 15) is 18.0 Å². The maximum Gasteiger partial charge on any atom is 0.410 e. The summed E-state index contributed by atoms with van der Waals surface area (Å²) in [4.78, 5) is 13.9. The summed E-state index contributed by atoms with van der Waals surface area (Å²) < 4.78 is 44.3. The van der Waals surface area contributed by atoms with E-state index < -0.39 is 11.6 Å². The number of halogens is 3. The molecule has 0 spiro atoms. The van der Waals surface area contributed by atoms with Gasteiger partial charge in [0.25, 0.3) is 0 Å². The smallest absolute Gasteiger partial charge is 0.410 e. The van der Waals surface area contributed by atoms with Gasteiger partial charge in [0.2, 0.25) is 0 Å². The maximum absolute atomic E-state index is 13.9. The second-order valence-electron chi connectivity index (χ2n) is 7.90. The zero-order valence-corrected chi connectivity index (χ0v) is 18.8. The van der Waals surface area contributed by atoms with Crippen molar-refractivity contribution in [3.63, 3.8) is 0 Å². The number of hydrogen-bond acceptors (Lipinski definition) is 3. The minimum absolute atomic E-state index is 0.178. The second-order valence-corrected chi connectivity index (χ2v) is 7.90. The molecule has 2 unspecified atom stereocenters. The molecule has 3 aromatic rings. The molecular formula is C27H25F3N2O2. The molecule has 3 aromatic carbocycles. The van der Waals surface area contributed by atoms with Gasteiger partial charge < -0.3 is 9.64 Å². The highest BCUT2D eigenvalue weighted by Gasteiger charge is 2.30. The van der Waals surface area contributed by atoms with Gasteiger partial charge in [0.1, 0.15) is 23.6 Å². The topological polar surface area (TPSA) is 53.3 Å². The largest absolute Gasteiger partial charge is 0.446 e. The molecule has 2 atom stereocenters. The lowest BCUT2D eigenvalue weighted by molar-refractivity contribution is 0.0106. The first-order valence-electron chi connectivity index (χ1n) is 11.0. The molecule has 0 aliphatic carbocycles. The van der Waals surface area contributed by atoms with Gasteiger partial charge in [-0.1, -0.05) is 42.5 Å². The number of amides is 1. The van der Waals surface area contributed by atoms with Crippen molar-refractivity contribution in [2.24, 2.45) is 0 Å². The minimum atomic E-state index is -0.613. The van der Waals surface area contributed by atoms with Crippen molar-refractivity contribution in [1.82, 2.24) is 4.90 Å². The van der Waals surface area contributed by atoms with Crippen LogP contribution in [0.3, 0.4) is 0 Å². The van der Waals surface area contributed by atoms with Crippen LogP contribution in [0, 0.1) is 28.8 Å². The highest BCUT2D eigenvalue weighted by atomic mass is 19.1. The second kappa shape index (κ2) is 11.9. The molecule has 1 heterocycles. The zero-order chi connectivity index (χ0) is 24.5. The van der Waals surface area contributed by atoms with Gasteiger partial charge in [-0.3, -0.25) is 0 Å². The van der Waals surface area contributed by atoms with E-state index in [2.05, 4.69) is 6.07 Å². The summed E-state index contributed by atoms with van der Waals surface area (Å²) in [6, 6.07) is 20.5. The van der Waals surface area contributed by atoms with E-state index in [-0.39, 0.29) is 24.1 Å². The number of nitriles is 1. The molecule has 0 radical (unpaired) electrons. The van der Waals surface area contributed by atoms with Crippen LogP contribution in [0.1, 0.15) is 37.8 Å². The lowest BCUT2D eigenvalue weighted by Gasteiger charge is -2.35. The summed E-state index contributed by atoms with van der Waals surface area (Å²) in [5.74, 6) is -1.40. The van der Waals surface area contributed by atoms with Gasteiger partial charge in [0.15, 0.2) is 0 Å². The summed E-state index contributed by atoms with van der Waals surface area (Å²) in [6.45, 7) is 2.47. The molecule has 0 saturated carbocycles. The number of carbonyl (C=O) groups excluding carboxylic acids is 1. The Bertz CT molecular complexity index is 1130. The van der Waals surface area contributed by atoms with Crippen molar-refractivity contribution in [1.29, 1.82) is 5.26 Å². The lowest BCUT2D eigenvalue weighted by atomic mass is 9.99. The number of benzene rings is 3. The third-order valence-electron chi connectivity index (χ3n) is 5.61. The van der Waals surface area contributed by atoms with Crippen LogP contribution in [-0.2, 0) is 4.74 Å². The molecule has 0 N–H and O–H groups in total. The summed E-state index contributed by atoms with van der Waals surface area (Å²) in [5.41, 5.74) is 1.86. The molecule has 34 heavy (non-hydrogen) atoms. The molecule has 4 nitrogen and oxygen atoms in total. The number of hydrogen-bond donors (Lipinski definition) is 0. The van der Waals surface area contributed by atoms with E-state index in [4.69, 9.17) is 10.00 Å². The van der Waals surface area contributed by atoms with Crippen molar-refractivity contribution in [2.75, 3.05) is 6.54 Å². The van der Waals surface area contributed by atoms with E-state index >= 15 is 0 Å². The van der Waals surface area contributed by atoms with Crippen molar-refractivity contribution < 1.29 is 22.7 Å². The average molecular weight is 467 g/mol. The highest BCUT2D eigenvalue weighted by molar-refractivity contribution is 5.69. The predicted molar refractivity (Wildman–Crippen MR) is 123 cm³/mol. The molecule has 1 aliphatic rings. The monoisotopic (exact) mass is 466 g/mol. The Morgan fingerprint density at radius 1 is 1.03 bits per heavy atom. The van der Waals surface area contributed by atoms with Crippen LogP contribution >= 0.6 is 0 Å². The predicted octanol–water partition coefficient (Wildman–Crippen LogP) is 7.03. The van der Waals surface area contributed by atoms with Crippen LogP contribution in [-0.4, -0.2) is 23.6 Å². The third-order valence-corrected chi connectivity index (χ3v) is 5.61. The third kappa shape index (κ3) is 6.61. The van der Waals surface area contributed by atoms with E-state index in [0.717, 1.165) is 11.6 Å². The van der Waals surface area contributed by atoms with Gasteiger partial charge in [-0.2, -0.15) is 5.26 Å². The lowest BCUT2D eigenvalue weighted by Crippen LogP contribution is -2.43.